The highest BCUT2D eigenvalue weighted by atomic mass is 31.2. The molecule has 0 saturated heterocycles. The third kappa shape index (κ3) is 2.28. The van der Waals surface area contributed by atoms with Gasteiger partial charge in [-0.3, -0.25) is 0 Å². The van der Waals surface area contributed by atoms with Gasteiger partial charge in [0.2, 0.25) is 0 Å². The number of rotatable bonds is 3. The van der Waals surface area contributed by atoms with Gasteiger partial charge in [-0.1, -0.05) is 43.7 Å². The van der Waals surface area contributed by atoms with Crippen LogP contribution >= 0.6 is 7.60 Å². The molecule has 0 aliphatic carbocycles. The van der Waals surface area contributed by atoms with Gasteiger partial charge >= 0.3 is 7.60 Å². The first-order valence-corrected chi connectivity index (χ1v) is 8.45. The Morgan fingerprint density at radius 1 is 1.15 bits per heavy atom. The van der Waals surface area contributed by atoms with Crippen molar-refractivity contribution in [2.75, 3.05) is 0 Å². The fraction of sp³-hybridized carbons (Fsp3) is 0.250. The summed E-state index contributed by atoms with van der Waals surface area (Å²) in [4.78, 5) is 10.2. The van der Waals surface area contributed by atoms with Gasteiger partial charge in [-0.2, -0.15) is 0 Å². The van der Waals surface area contributed by atoms with E-state index < -0.39 is 7.60 Å². The molecular formula is C16H17O3P. The summed E-state index contributed by atoms with van der Waals surface area (Å²) in [6.45, 7) is 2.13. The zero-order valence-electron chi connectivity index (χ0n) is 11.4. The second kappa shape index (κ2) is 5.08. The maximum absolute atomic E-state index is 12.4. The minimum Gasteiger partial charge on any atom is -0.421 e. The van der Waals surface area contributed by atoms with Crippen LogP contribution in [0.15, 0.2) is 42.5 Å². The van der Waals surface area contributed by atoms with Crippen LogP contribution in [0.2, 0.25) is 0 Å². The average molecular weight is 288 g/mol. The fourth-order valence-corrected chi connectivity index (χ4v) is 3.88. The van der Waals surface area contributed by atoms with E-state index in [0.717, 1.165) is 36.0 Å². The molecule has 0 bridgehead atoms. The van der Waals surface area contributed by atoms with Crippen molar-refractivity contribution in [3.63, 3.8) is 0 Å². The van der Waals surface area contributed by atoms with E-state index in [1.54, 1.807) is 12.1 Å². The Labute approximate surface area is 118 Å². The van der Waals surface area contributed by atoms with Crippen LogP contribution in [0.1, 0.15) is 25.3 Å². The lowest BCUT2D eigenvalue weighted by molar-refractivity contribution is 0.392. The van der Waals surface area contributed by atoms with Gasteiger partial charge in [-0.25, -0.2) is 4.57 Å². The van der Waals surface area contributed by atoms with E-state index in [2.05, 4.69) is 6.92 Å². The third-order valence-electron chi connectivity index (χ3n) is 3.58. The predicted octanol–water partition coefficient (Wildman–Crippen LogP) is 3.90. The van der Waals surface area contributed by atoms with Gasteiger partial charge in [-0.15, -0.1) is 0 Å². The van der Waals surface area contributed by atoms with Crippen LogP contribution in [-0.4, -0.2) is 4.89 Å². The van der Waals surface area contributed by atoms with Gasteiger partial charge in [-0.05, 0) is 30.5 Å². The largest absolute Gasteiger partial charge is 0.421 e. The van der Waals surface area contributed by atoms with Crippen LogP contribution in [-0.2, 0) is 11.0 Å². The molecule has 1 unspecified atom stereocenters. The quantitative estimate of drug-likeness (QED) is 0.871. The summed E-state index contributed by atoms with van der Waals surface area (Å²) in [7, 11) is -3.77. The molecule has 104 valence electrons. The van der Waals surface area contributed by atoms with Crippen molar-refractivity contribution in [1.82, 2.24) is 0 Å². The van der Waals surface area contributed by atoms with Crippen molar-refractivity contribution >= 4 is 12.9 Å². The summed E-state index contributed by atoms with van der Waals surface area (Å²) in [5, 5.41) is 0.421. The molecule has 4 heteroatoms. The zero-order chi connectivity index (χ0) is 14.2. The molecule has 1 atom stereocenters. The predicted molar refractivity (Wildman–Crippen MR) is 80.6 cm³/mol. The molecule has 20 heavy (non-hydrogen) atoms. The van der Waals surface area contributed by atoms with Crippen LogP contribution in [0.25, 0.3) is 11.1 Å². The molecule has 0 aromatic heterocycles. The lowest BCUT2D eigenvalue weighted by atomic mass is 10.0. The van der Waals surface area contributed by atoms with E-state index in [0.29, 0.717) is 11.1 Å². The first kappa shape index (κ1) is 13.4. The Bertz CT molecular complexity index is 694. The number of unbranched alkanes of at least 4 members (excludes halogenated alkanes) is 1. The van der Waals surface area contributed by atoms with E-state index in [4.69, 9.17) is 4.52 Å². The molecule has 1 heterocycles. The van der Waals surface area contributed by atoms with Crippen LogP contribution in [0.4, 0.5) is 0 Å². The first-order valence-electron chi connectivity index (χ1n) is 6.87. The van der Waals surface area contributed by atoms with Crippen LogP contribution in [0, 0.1) is 0 Å². The van der Waals surface area contributed by atoms with Crippen molar-refractivity contribution in [2.45, 2.75) is 26.2 Å². The highest BCUT2D eigenvalue weighted by molar-refractivity contribution is 7.62. The number of hydrogen-bond acceptors (Lipinski definition) is 2. The maximum Gasteiger partial charge on any atom is 0.408 e. The first-order chi connectivity index (χ1) is 9.62. The van der Waals surface area contributed by atoms with Crippen LogP contribution in [0.3, 0.4) is 0 Å². The van der Waals surface area contributed by atoms with Crippen molar-refractivity contribution in [3.05, 3.63) is 48.0 Å². The highest BCUT2D eigenvalue weighted by Crippen LogP contribution is 2.51. The minimum atomic E-state index is -3.77. The summed E-state index contributed by atoms with van der Waals surface area (Å²) in [5.41, 5.74) is 2.77. The molecular weight excluding hydrogens is 271 g/mol. The Morgan fingerprint density at radius 2 is 1.95 bits per heavy atom. The van der Waals surface area contributed by atoms with E-state index in [1.807, 2.05) is 30.3 Å². The van der Waals surface area contributed by atoms with Crippen molar-refractivity contribution in [3.8, 4) is 16.9 Å². The van der Waals surface area contributed by atoms with Crippen molar-refractivity contribution < 1.29 is 14.0 Å². The number of hydrogen-bond donors (Lipinski definition) is 1. The molecule has 1 aliphatic heterocycles. The van der Waals surface area contributed by atoms with Gasteiger partial charge in [0.25, 0.3) is 0 Å². The van der Waals surface area contributed by atoms with E-state index >= 15 is 0 Å². The van der Waals surface area contributed by atoms with Gasteiger partial charge in [0.05, 0.1) is 5.30 Å². The lowest BCUT2D eigenvalue weighted by Gasteiger charge is -2.25. The standard InChI is InChI=1S/C16H17O3P/c1-2-3-6-12-9-10-14-13-7-4-5-8-15(13)19-20(17,18)16(14)11-12/h4-5,7-11H,2-3,6H2,1H3,(H,17,18). The lowest BCUT2D eigenvalue weighted by Crippen LogP contribution is -2.18. The second-order valence-corrected chi connectivity index (χ2v) is 6.77. The van der Waals surface area contributed by atoms with E-state index in [-0.39, 0.29) is 0 Å². The molecule has 0 spiro atoms. The molecule has 2 aromatic rings. The number of para-hydroxylation sites is 1. The zero-order valence-corrected chi connectivity index (χ0v) is 12.3. The molecule has 3 nitrogen and oxygen atoms in total. The highest BCUT2D eigenvalue weighted by Gasteiger charge is 2.34. The maximum atomic E-state index is 12.4. The number of fused-ring (bicyclic) bond motifs is 3. The fourth-order valence-electron chi connectivity index (χ4n) is 2.53. The van der Waals surface area contributed by atoms with E-state index in [1.165, 1.54) is 0 Å². The van der Waals surface area contributed by atoms with Crippen LogP contribution < -0.4 is 9.83 Å². The van der Waals surface area contributed by atoms with Gasteiger partial charge in [0.15, 0.2) is 0 Å². The summed E-state index contributed by atoms with van der Waals surface area (Å²) in [6.07, 6.45) is 3.10. The topological polar surface area (TPSA) is 46.5 Å². The van der Waals surface area contributed by atoms with Gasteiger partial charge in [0, 0.05) is 11.1 Å². The Balaban J connectivity index is 2.13. The molecule has 1 N–H and O–H groups in total. The normalized spacial score (nSPS) is 19.9. The SMILES string of the molecule is CCCCc1ccc2c(c1)P(=O)(O)Oc1ccccc1-2. The Kier molecular flexibility index (Phi) is 3.41. The average Bonchev–Trinajstić information content (AvgIpc) is 2.45. The Hall–Kier alpha value is -1.57. The minimum absolute atomic E-state index is 0.421. The summed E-state index contributed by atoms with van der Waals surface area (Å²) < 4.78 is 17.7. The summed E-state index contributed by atoms with van der Waals surface area (Å²) in [5.74, 6) is 0.479. The second-order valence-electron chi connectivity index (χ2n) is 5.06. The summed E-state index contributed by atoms with van der Waals surface area (Å²) >= 11 is 0. The molecule has 3 rings (SSSR count). The van der Waals surface area contributed by atoms with Crippen LogP contribution in [0.5, 0.6) is 5.75 Å². The Morgan fingerprint density at radius 3 is 2.75 bits per heavy atom. The monoisotopic (exact) mass is 288 g/mol. The molecule has 0 saturated carbocycles. The van der Waals surface area contributed by atoms with Gasteiger partial charge < -0.3 is 9.42 Å². The van der Waals surface area contributed by atoms with E-state index in [9.17, 15) is 9.46 Å². The molecule has 1 aliphatic rings. The smallest absolute Gasteiger partial charge is 0.408 e. The molecule has 0 amide bonds. The van der Waals surface area contributed by atoms with Gasteiger partial charge in [0.1, 0.15) is 5.75 Å². The molecule has 0 fully saturated rings. The summed E-state index contributed by atoms with van der Waals surface area (Å²) in [6, 6.07) is 13.2. The molecule has 2 aromatic carbocycles. The molecule has 0 radical (unpaired) electrons. The number of aryl methyl sites for hydroxylation is 1. The number of benzene rings is 2. The third-order valence-corrected chi connectivity index (χ3v) is 5.01. The van der Waals surface area contributed by atoms with Crippen molar-refractivity contribution in [1.29, 1.82) is 0 Å². The van der Waals surface area contributed by atoms with Crippen molar-refractivity contribution in [2.24, 2.45) is 0 Å².